The number of carbonyl (C=O) groups is 1. The predicted molar refractivity (Wildman–Crippen MR) is 131 cm³/mol. The Morgan fingerprint density at radius 1 is 1.39 bits per heavy atom. The van der Waals surface area contributed by atoms with Gasteiger partial charge in [-0.3, -0.25) is 4.79 Å². The Morgan fingerprint density at radius 2 is 2.10 bits per heavy atom. The molecule has 1 heterocycles. The van der Waals surface area contributed by atoms with Gasteiger partial charge in [-0.25, -0.2) is 9.98 Å². The molecule has 0 fully saturated rings. The van der Waals surface area contributed by atoms with Crippen LogP contribution in [-0.4, -0.2) is 41.8 Å². The van der Waals surface area contributed by atoms with Crippen molar-refractivity contribution in [1.82, 2.24) is 15.4 Å². The fourth-order valence-corrected chi connectivity index (χ4v) is 3.87. The summed E-state index contributed by atoms with van der Waals surface area (Å²) in [7, 11) is 1.69. The number of nitrogens with one attached hydrogen (secondary N) is 1. The normalized spacial score (nSPS) is 13.3. The summed E-state index contributed by atoms with van der Waals surface area (Å²) in [5.41, 5.74) is 4.04. The SMILES string of the molecule is C=NN(C)N=CN=C(CC)c1ccc(C(C)NC(=O)c2cnc(C(C)(C)C)s2)c(C)c1. The van der Waals surface area contributed by atoms with Crippen LogP contribution in [0.1, 0.15) is 78.5 Å². The quantitative estimate of drug-likeness (QED) is 0.359. The molecule has 0 bridgehead atoms. The van der Waals surface area contributed by atoms with Crippen molar-refractivity contribution in [2.75, 3.05) is 7.05 Å². The molecule has 1 atom stereocenters. The molecular formula is C23H32N6OS. The average molecular weight is 441 g/mol. The molecule has 1 N–H and O–H groups in total. The van der Waals surface area contributed by atoms with Gasteiger partial charge in [0.15, 0.2) is 0 Å². The maximum atomic E-state index is 12.7. The van der Waals surface area contributed by atoms with E-state index in [1.165, 1.54) is 22.8 Å². The number of rotatable bonds is 8. The zero-order valence-electron chi connectivity index (χ0n) is 19.4. The Hall–Kier alpha value is -2.87. The summed E-state index contributed by atoms with van der Waals surface area (Å²) in [6, 6.07) is 6.04. The highest BCUT2D eigenvalue weighted by Gasteiger charge is 2.21. The third-order valence-electron chi connectivity index (χ3n) is 4.76. The van der Waals surface area contributed by atoms with Crippen LogP contribution in [0.5, 0.6) is 0 Å². The molecule has 31 heavy (non-hydrogen) atoms. The summed E-state index contributed by atoms with van der Waals surface area (Å²) < 4.78 is 0. The Kier molecular flexibility index (Phi) is 8.21. The van der Waals surface area contributed by atoms with E-state index in [1.807, 2.05) is 26.0 Å². The van der Waals surface area contributed by atoms with Crippen LogP contribution in [0.3, 0.4) is 0 Å². The van der Waals surface area contributed by atoms with Gasteiger partial charge < -0.3 is 5.32 Å². The molecule has 2 rings (SSSR count). The van der Waals surface area contributed by atoms with Gasteiger partial charge in [0.05, 0.1) is 17.2 Å². The summed E-state index contributed by atoms with van der Waals surface area (Å²) in [5, 5.41) is 13.1. The molecule has 0 aliphatic heterocycles. The summed E-state index contributed by atoms with van der Waals surface area (Å²) in [5.74, 6) is -0.101. The van der Waals surface area contributed by atoms with Gasteiger partial charge >= 0.3 is 0 Å². The third kappa shape index (κ3) is 6.55. The summed E-state index contributed by atoms with van der Waals surface area (Å²) >= 11 is 1.44. The Bertz CT molecular complexity index is 986. The van der Waals surface area contributed by atoms with Crippen molar-refractivity contribution in [2.24, 2.45) is 15.2 Å². The lowest BCUT2D eigenvalue weighted by atomic mass is 9.97. The minimum atomic E-state index is -0.127. The smallest absolute Gasteiger partial charge is 0.263 e. The standard InChI is InChI=1S/C23H32N6OS/c1-9-19(26-14-27-29(8)24-7)17-10-11-18(15(2)12-17)16(3)28-21(30)20-13-25-22(31-20)23(4,5)6/h10-14,16H,7,9H2,1-6,8H3,(H,28,30). The lowest BCUT2D eigenvalue weighted by molar-refractivity contribution is 0.0943. The van der Waals surface area contributed by atoms with Gasteiger partial charge in [-0.2, -0.15) is 10.2 Å². The van der Waals surface area contributed by atoms with Crippen LogP contribution >= 0.6 is 11.3 Å². The molecule has 1 aromatic heterocycles. The largest absolute Gasteiger partial charge is 0.345 e. The van der Waals surface area contributed by atoms with Gasteiger partial charge in [0.1, 0.15) is 11.2 Å². The summed E-state index contributed by atoms with van der Waals surface area (Å²) in [6.07, 6.45) is 3.90. The minimum Gasteiger partial charge on any atom is -0.345 e. The highest BCUT2D eigenvalue weighted by Crippen LogP contribution is 2.27. The van der Waals surface area contributed by atoms with E-state index in [4.69, 9.17) is 0 Å². The van der Waals surface area contributed by atoms with Crippen LogP contribution < -0.4 is 5.32 Å². The van der Waals surface area contributed by atoms with Crippen molar-refractivity contribution in [2.45, 2.75) is 59.4 Å². The number of amides is 1. The minimum absolute atomic E-state index is 0.0674. The van der Waals surface area contributed by atoms with Crippen LogP contribution in [0.15, 0.2) is 39.6 Å². The molecule has 0 radical (unpaired) electrons. The zero-order chi connectivity index (χ0) is 23.2. The molecule has 7 nitrogen and oxygen atoms in total. The molecule has 8 heteroatoms. The third-order valence-corrected chi connectivity index (χ3v) is 6.18. The highest BCUT2D eigenvalue weighted by atomic mass is 32.1. The van der Waals surface area contributed by atoms with Gasteiger partial charge in [-0.15, -0.1) is 16.4 Å². The number of aromatic nitrogens is 1. The second kappa shape index (κ2) is 10.4. The Morgan fingerprint density at radius 3 is 2.65 bits per heavy atom. The van der Waals surface area contributed by atoms with Crippen LogP contribution in [0.2, 0.25) is 0 Å². The predicted octanol–water partition coefficient (Wildman–Crippen LogP) is 4.93. The van der Waals surface area contributed by atoms with Gasteiger partial charge in [0, 0.05) is 24.9 Å². The molecule has 1 amide bonds. The van der Waals surface area contributed by atoms with Gasteiger partial charge in [0.25, 0.3) is 5.91 Å². The molecule has 1 unspecified atom stereocenters. The maximum absolute atomic E-state index is 12.7. The van der Waals surface area contributed by atoms with E-state index < -0.39 is 0 Å². The van der Waals surface area contributed by atoms with Crippen LogP contribution in [0, 0.1) is 6.92 Å². The molecule has 0 aliphatic carbocycles. The second-order valence-corrected chi connectivity index (χ2v) is 9.37. The second-order valence-electron chi connectivity index (χ2n) is 8.34. The number of hydrogen-bond acceptors (Lipinski definition) is 6. The molecule has 0 saturated carbocycles. The average Bonchev–Trinajstić information content (AvgIpc) is 3.21. The Balaban J connectivity index is 2.15. The number of thiazole rings is 1. The van der Waals surface area contributed by atoms with E-state index in [1.54, 1.807) is 13.2 Å². The van der Waals surface area contributed by atoms with E-state index in [-0.39, 0.29) is 17.4 Å². The number of benzene rings is 1. The molecule has 0 aliphatic rings. The fourth-order valence-electron chi connectivity index (χ4n) is 2.99. The number of aryl methyl sites for hydroxylation is 1. The zero-order valence-corrected chi connectivity index (χ0v) is 20.2. The van der Waals surface area contributed by atoms with Crippen molar-refractivity contribution in [1.29, 1.82) is 0 Å². The van der Waals surface area contributed by atoms with Crippen molar-refractivity contribution in [3.8, 4) is 0 Å². The summed E-state index contributed by atoms with van der Waals surface area (Å²) in [6.45, 7) is 15.8. The molecular weight excluding hydrogens is 408 g/mol. The van der Waals surface area contributed by atoms with E-state index in [9.17, 15) is 4.79 Å². The molecule has 1 aromatic carbocycles. The van der Waals surface area contributed by atoms with E-state index in [0.717, 1.165) is 33.8 Å². The van der Waals surface area contributed by atoms with E-state index in [2.05, 4.69) is 66.0 Å². The van der Waals surface area contributed by atoms with Gasteiger partial charge in [-0.05, 0) is 43.0 Å². The van der Waals surface area contributed by atoms with E-state index in [0.29, 0.717) is 4.88 Å². The number of aliphatic imine (C=N–C) groups is 1. The highest BCUT2D eigenvalue weighted by molar-refractivity contribution is 7.13. The lowest BCUT2D eigenvalue weighted by Crippen LogP contribution is -2.26. The van der Waals surface area contributed by atoms with Crippen LogP contribution in [0.25, 0.3) is 0 Å². The number of nitrogens with zero attached hydrogens (tertiary/aromatic N) is 5. The molecule has 166 valence electrons. The number of hydrogen-bond donors (Lipinski definition) is 1. The first-order valence-electron chi connectivity index (χ1n) is 10.2. The fraction of sp³-hybridized carbons (Fsp3) is 0.435. The lowest BCUT2D eigenvalue weighted by Gasteiger charge is -2.17. The number of carbonyl (C=O) groups excluding carboxylic acids is 1. The molecule has 0 saturated heterocycles. The van der Waals surface area contributed by atoms with E-state index >= 15 is 0 Å². The van der Waals surface area contributed by atoms with Crippen molar-refractivity contribution < 1.29 is 4.79 Å². The topological polar surface area (TPSA) is 82.3 Å². The van der Waals surface area contributed by atoms with Gasteiger partial charge in [0.2, 0.25) is 0 Å². The van der Waals surface area contributed by atoms with Gasteiger partial charge in [-0.1, -0.05) is 39.8 Å². The molecule has 0 spiro atoms. The van der Waals surface area contributed by atoms with Crippen molar-refractivity contribution in [3.05, 3.63) is 51.0 Å². The van der Waals surface area contributed by atoms with Crippen LogP contribution in [-0.2, 0) is 5.41 Å². The van der Waals surface area contributed by atoms with Crippen molar-refractivity contribution >= 4 is 36.0 Å². The first kappa shape index (κ1) is 24.4. The maximum Gasteiger partial charge on any atom is 0.263 e. The van der Waals surface area contributed by atoms with Crippen LogP contribution in [0.4, 0.5) is 0 Å². The Labute approximate surface area is 189 Å². The first-order chi connectivity index (χ1) is 14.6. The molecule has 2 aromatic rings. The summed E-state index contributed by atoms with van der Waals surface area (Å²) in [4.78, 5) is 22.2. The number of hydrazone groups is 2. The monoisotopic (exact) mass is 440 g/mol. The first-order valence-corrected chi connectivity index (χ1v) is 11.1. The van der Waals surface area contributed by atoms with Crippen molar-refractivity contribution in [3.63, 3.8) is 0 Å².